The van der Waals surface area contributed by atoms with Gasteiger partial charge in [-0.15, -0.1) is 0 Å². The first-order valence-electron chi connectivity index (χ1n) is 5.32. The van der Waals surface area contributed by atoms with Crippen molar-refractivity contribution in [2.45, 2.75) is 31.8 Å². The summed E-state index contributed by atoms with van der Waals surface area (Å²) in [5.41, 5.74) is 5.75. The number of H-pyrrole nitrogens is 1. The van der Waals surface area contributed by atoms with E-state index in [0.717, 1.165) is 25.5 Å². The highest BCUT2D eigenvalue weighted by Gasteiger charge is 2.21. The molecule has 4 nitrogen and oxygen atoms in total. The lowest BCUT2D eigenvalue weighted by molar-refractivity contribution is 0.141. The summed E-state index contributed by atoms with van der Waals surface area (Å²) in [6.07, 6.45) is 7.51. The molecule has 1 aliphatic rings. The van der Waals surface area contributed by atoms with Crippen molar-refractivity contribution in [3.63, 3.8) is 0 Å². The monoisotopic (exact) mass is 194 g/mol. The van der Waals surface area contributed by atoms with E-state index in [0.29, 0.717) is 6.04 Å². The lowest BCUT2D eigenvalue weighted by Gasteiger charge is -2.34. The predicted molar refractivity (Wildman–Crippen MR) is 55.7 cm³/mol. The number of imidazole rings is 1. The first kappa shape index (κ1) is 9.68. The van der Waals surface area contributed by atoms with Crippen molar-refractivity contribution in [1.29, 1.82) is 0 Å². The van der Waals surface area contributed by atoms with Gasteiger partial charge in [0.15, 0.2) is 0 Å². The Morgan fingerprint density at radius 3 is 3.21 bits per heavy atom. The Kier molecular flexibility index (Phi) is 3.16. The van der Waals surface area contributed by atoms with Gasteiger partial charge in [0.2, 0.25) is 0 Å². The van der Waals surface area contributed by atoms with Crippen molar-refractivity contribution in [2.75, 3.05) is 13.1 Å². The van der Waals surface area contributed by atoms with E-state index >= 15 is 0 Å². The molecule has 0 spiro atoms. The molecule has 0 saturated carbocycles. The van der Waals surface area contributed by atoms with Crippen LogP contribution in [-0.2, 0) is 6.54 Å². The third-order valence-corrected chi connectivity index (χ3v) is 2.93. The predicted octanol–water partition coefficient (Wildman–Crippen LogP) is 0.723. The van der Waals surface area contributed by atoms with Crippen LogP contribution in [0.25, 0.3) is 0 Å². The summed E-state index contributed by atoms with van der Waals surface area (Å²) in [4.78, 5) is 9.81. The largest absolute Gasteiger partial charge is 0.348 e. The van der Waals surface area contributed by atoms with Crippen molar-refractivity contribution < 1.29 is 0 Å². The third kappa shape index (κ3) is 2.13. The highest BCUT2D eigenvalue weighted by molar-refractivity contribution is 4.89. The fourth-order valence-corrected chi connectivity index (χ4v) is 2.11. The van der Waals surface area contributed by atoms with Crippen molar-refractivity contribution in [2.24, 2.45) is 5.73 Å². The Labute approximate surface area is 84.5 Å². The fraction of sp³-hybridized carbons (Fsp3) is 0.700. The van der Waals surface area contributed by atoms with Gasteiger partial charge in [-0.2, -0.15) is 0 Å². The second-order valence-corrected chi connectivity index (χ2v) is 3.89. The van der Waals surface area contributed by atoms with Crippen molar-refractivity contribution >= 4 is 0 Å². The molecule has 1 aromatic heterocycles. The maximum Gasteiger partial charge on any atom is 0.120 e. The molecular weight excluding hydrogens is 176 g/mol. The van der Waals surface area contributed by atoms with Gasteiger partial charge in [0.25, 0.3) is 0 Å². The first-order valence-corrected chi connectivity index (χ1v) is 5.32. The van der Waals surface area contributed by atoms with E-state index in [1.807, 2.05) is 6.20 Å². The molecule has 2 heterocycles. The summed E-state index contributed by atoms with van der Waals surface area (Å²) in [7, 11) is 0. The summed E-state index contributed by atoms with van der Waals surface area (Å²) in [5, 5.41) is 0. The molecule has 14 heavy (non-hydrogen) atoms. The maximum absolute atomic E-state index is 5.75. The van der Waals surface area contributed by atoms with E-state index in [1.54, 1.807) is 6.20 Å². The molecule has 78 valence electrons. The molecule has 2 rings (SSSR count). The van der Waals surface area contributed by atoms with Gasteiger partial charge in [-0.3, -0.25) is 4.90 Å². The van der Waals surface area contributed by atoms with Crippen LogP contribution in [-0.4, -0.2) is 34.0 Å². The second-order valence-electron chi connectivity index (χ2n) is 3.89. The van der Waals surface area contributed by atoms with Crippen LogP contribution < -0.4 is 5.73 Å². The van der Waals surface area contributed by atoms with Crippen LogP contribution in [0.5, 0.6) is 0 Å². The van der Waals surface area contributed by atoms with Crippen LogP contribution in [0.2, 0.25) is 0 Å². The minimum absolute atomic E-state index is 0.550. The summed E-state index contributed by atoms with van der Waals surface area (Å²) < 4.78 is 0. The number of nitrogens with one attached hydrogen (secondary N) is 1. The van der Waals surface area contributed by atoms with Gasteiger partial charge in [0, 0.05) is 25.0 Å². The number of rotatable bonds is 3. The average Bonchev–Trinajstić information content (AvgIpc) is 2.71. The molecule has 0 radical (unpaired) electrons. The first-order chi connectivity index (χ1) is 6.90. The average molecular weight is 194 g/mol. The number of aromatic amines is 1. The van der Waals surface area contributed by atoms with Gasteiger partial charge >= 0.3 is 0 Å². The number of piperidine rings is 1. The highest BCUT2D eigenvalue weighted by atomic mass is 15.2. The topological polar surface area (TPSA) is 57.9 Å². The number of hydrogen-bond donors (Lipinski definition) is 2. The molecular formula is C10H18N4. The summed E-state index contributed by atoms with van der Waals surface area (Å²) in [5.74, 6) is 1.05. The number of hydrogen-bond acceptors (Lipinski definition) is 3. The molecule has 1 unspecified atom stereocenters. The molecule has 3 N–H and O–H groups in total. The van der Waals surface area contributed by atoms with Crippen LogP contribution in [0.4, 0.5) is 0 Å². The molecule has 1 aromatic rings. The van der Waals surface area contributed by atoms with Gasteiger partial charge in [0.05, 0.1) is 6.54 Å². The van der Waals surface area contributed by atoms with E-state index in [2.05, 4.69) is 14.9 Å². The SMILES string of the molecule is NCC1CCCCN1Cc1ncc[nH]1. The van der Waals surface area contributed by atoms with Gasteiger partial charge < -0.3 is 10.7 Å². The van der Waals surface area contributed by atoms with Crippen LogP contribution in [0, 0.1) is 0 Å². The Morgan fingerprint density at radius 2 is 2.50 bits per heavy atom. The fourth-order valence-electron chi connectivity index (χ4n) is 2.11. The van der Waals surface area contributed by atoms with Gasteiger partial charge in [0.1, 0.15) is 5.82 Å². The molecule has 1 aliphatic heterocycles. The van der Waals surface area contributed by atoms with E-state index < -0.39 is 0 Å². The van der Waals surface area contributed by atoms with Gasteiger partial charge in [-0.25, -0.2) is 4.98 Å². The Hall–Kier alpha value is -0.870. The minimum Gasteiger partial charge on any atom is -0.348 e. The molecule has 1 saturated heterocycles. The normalized spacial score (nSPS) is 23.9. The zero-order chi connectivity index (χ0) is 9.80. The van der Waals surface area contributed by atoms with E-state index in [9.17, 15) is 0 Å². The molecule has 0 bridgehead atoms. The van der Waals surface area contributed by atoms with Crippen molar-refractivity contribution in [1.82, 2.24) is 14.9 Å². The van der Waals surface area contributed by atoms with Crippen LogP contribution in [0.15, 0.2) is 12.4 Å². The van der Waals surface area contributed by atoms with Crippen molar-refractivity contribution in [3.05, 3.63) is 18.2 Å². The Balaban J connectivity index is 1.94. The second kappa shape index (κ2) is 4.57. The maximum atomic E-state index is 5.75. The molecule has 0 aliphatic carbocycles. The van der Waals surface area contributed by atoms with E-state index in [-0.39, 0.29) is 0 Å². The van der Waals surface area contributed by atoms with Crippen LogP contribution in [0.1, 0.15) is 25.1 Å². The number of likely N-dealkylation sites (tertiary alicyclic amines) is 1. The standard InChI is InChI=1S/C10H18N4/c11-7-9-3-1-2-6-14(9)8-10-12-4-5-13-10/h4-5,9H,1-3,6-8,11H2,(H,12,13). The van der Waals surface area contributed by atoms with E-state index in [1.165, 1.54) is 19.3 Å². The highest BCUT2D eigenvalue weighted by Crippen LogP contribution is 2.17. The lowest BCUT2D eigenvalue weighted by atomic mass is 10.0. The summed E-state index contributed by atoms with van der Waals surface area (Å²) >= 11 is 0. The zero-order valence-corrected chi connectivity index (χ0v) is 8.45. The third-order valence-electron chi connectivity index (χ3n) is 2.93. The van der Waals surface area contributed by atoms with Crippen LogP contribution >= 0.6 is 0 Å². The smallest absolute Gasteiger partial charge is 0.120 e. The molecule has 0 aromatic carbocycles. The zero-order valence-electron chi connectivity index (χ0n) is 8.45. The number of nitrogens with two attached hydrogens (primary N) is 1. The van der Waals surface area contributed by atoms with E-state index in [4.69, 9.17) is 5.73 Å². The van der Waals surface area contributed by atoms with Crippen LogP contribution in [0.3, 0.4) is 0 Å². The molecule has 4 heteroatoms. The van der Waals surface area contributed by atoms with Gasteiger partial charge in [-0.1, -0.05) is 6.42 Å². The number of aromatic nitrogens is 2. The molecule has 0 amide bonds. The summed E-state index contributed by atoms with van der Waals surface area (Å²) in [6, 6.07) is 0.550. The Bertz CT molecular complexity index is 257. The molecule has 1 fully saturated rings. The number of nitrogens with zero attached hydrogens (tertiary/aromatic N) is 2. The van der Waals surface area contributed by atoms with Gasteiger partial charge in [-0.05, 0) is 19.4 Å². The van der Waals surface area contributed by atoms with Crippen molar-refractivity contribution in [3.8, 4) is 0 Å². The lowest BCUT2D eigenvalue weighted by Crippen LogP contribution is -2.43. The Morgan fingerprint density at radius 1 is 1.57 bits per heavy atom. The molecule has 1 atom stereocenters. The quantitative estimate of drug-likeness (QED) is 0.745. The summed E-state index contributed by atoms with van der Waals surface area (Å²) in [6.45, 7) is 2.83. The minimum atomic E-state index is 0.550.